The van der Waals surface area contributed by atoms with Gasteiger partial charge in [-0.2, -0.15) is 0 Å². The number of hydrogen-bond donors (Lipinski definition) is 2. The predicted octanol–water partition coefficient (Wildman–Crippen LogP) is 2.65. The van der Waals surface area contributed by atoms with E-state index in [0.717, 1.165) is 12.5 Å². The van der Waals surface area contributed by atoms with Crippen LogP contribution in [0.1, 0.15) is 25.0 Å². The summed E-state index contributed by atoms with van der Waals surface area (Å²) in [5, 5.41) is 7.06. The molecule has 0 amide bonds. The van der Waals surface area contributed by atoms with Crippen LogP contribution in [0.4, 0.5) is 11.4 Å². The van der Waals surface area contributed by atoms with E-state index in [9.17, 15) is 0 Å². The molecule has 15 heavy (non-hydrogen) atoms. The van der Waals surface area contributed by atoms with Crippen molar-refractivity contribution in [3.63, 3.8) is 0 Å². The number of rotatable bonds is 0. The lowest BCUT2D eigenvalue weighted by Gasteiger charge is -2.24. The maximum atomic E-state index is 3.53. The normalized spacial score (nSPS) is 27.6. The van der Waals surface area contributed by atoms with E-state index >= 15 is 0 Å². The molecule has 1 aromatic rings. The first-order valence-corrected chi connectivity index (χ1v) is 5.88. The summed E-state index contributed by atoms with van der Waals surface area (Å²) in [6, 6.07) is 5.28. The number of hydrogen-bond acceptors (Lipinski definition) is 2. The zero-order valence-corrected chi connectivity index (χ0v) is 9.43. The predicted molar refractivity (Wildman–Crippen MR) is 64.6 cm³/mol. The SMILES string of the molecule is CC1CNc2cc3c(cc2C1)NC(C)C3. The Morgan fingerprint density at radius 1 is 1.07 bits per heavy atom. The zero-order chi connectivity index (χ0) is 10.4. The van der Waals surface area contributed by atoms with E-state index in [2.05, 4.69) is 36.6 Å². The molecule has 80 valence electrons. The van der Waals surface area contributed by atoms with Crippen molar-refractivity contribution >= 4 is 11.4 Å². The van der Waals surface area contributed by atoms with Crippen molar-refractivity contribution in [1.82, 2.24) is 0 Å². The van der Waals surface area contributed by atoms with Crippen LogP contribution in [0.25, 0.3) is 0 Å². The van der Waals surface area contributed by atoms with Gasteiger partial charge in [0.2, 0.25) is 0 Å². The minimum Gasteiger partial charge on any atom is -0.385 e. The third kappa shape index (κ3) is 1.48. The van der Waals surface area contributed by atoms with E-state index < -0.39 is 0 Å². The van der Waals surface area contributed by atoms with E-state index in [1.807, 2.05) is 0 Å². The van der Waals surface area contributed by atoms with Gasteiger partial charge >= 0.3 is 0 Å². The molecule has 0 spiro atoms. The van der Waals surface area contributed by atoms with Gasteiger partial charge in [-0.05, 0) is 48.9 Å². The number of benzene rings is 1. The smallest absolute Gasteiger partial charge is 0.0379 e. The standard InChI is InChI=1S/C13H18N2/c1-8-3-10-6-13-11(4-9(2)15-13)5-12(10)14-7-8/h5-6,8-9,14-15H,3-4,7H2,1-2H3. The Kier molecular flexibility index (Phi) is 1.91. The van der Waals surface area contributed by atoms with Gasteiger partial charge in [0.25, 0.3) is 0 Å². The quantitative estimate of drug-likeness (QED) is 0.676. The maximum Gasteiger partial charge on any atom is 0.0379 e. The van der Waals surface area contributed by atoms with E-state index in [1.54, 1.807) is 0 Å². The van der Waals surface area contributed by atoms with Gasteiger partial charge in [-0.15, -0.1) is 0 Å². The molecular weight excluding hydrogens is 184 g/mol. The summed E-state index contributed by atoms with van der Waals surface area (Å²) in [5.74, 6) is 0.759. The monoisotopic (exact) mass is 202 g/mol. The second-order valence-corrected chi connectivity index (χ2v) is 5.11. The molecule has 1 aromatic carbocycles. The molecule has 0 bridgehead atoms. The average Bonchev–Trinajstić information content (AvgIpc) is 2.53. The summed E-state index contributed by atoms with van der Waals surface area (Å²) < 4.78 is 0. The highest BCUT2D eigenvalue weighted by Crippen LogP contribution is 2.34. The van der Waals surface area contributed by atoms with Gasteiger partial charge < -0.3 is 10.6 Å². The molecule has 0 saturated heterocycles. The van der Waals surface area contributed by atoms with Crippen LogP contribution in [0.2, 0.25) is 0 Å². The van der Waals surface area contributed by atoms with Crippen molar-refractivity contribution in [2.24, 2.45) is 5.92 Å². The molecule has 2 unspecified atom stereocenters. The Morgan fingerprint density at radius 3 is 2.67 bits per heavy atom. The van der Waals surface area contributed by atoms with E-state index in [-0.39, 0.29) is 0 Å². The van der Waals surface area contributed by atoms with Crippen molar-refractivity contribution in [2.45, 2.75) is 32.7 Å². The van der Waals surface area contributed by atoms with Crippen LogP contribution in [0, 0.1) is 5.92 Å². The third-order valence-electron chi connectivity index (χ3n) is 3.47. The van der Waals surface area contributed by atoms with Gasteiger partial charge in [0.05, 0.1) is 0 Å². The zero-order valence-electron chi connectivity index (χ0n) is 9.43. The van der Waals surface area contributed by atoms with Crippen LogP contribution in [-0.4, -0.2) is 12.6 Å². The highest BCUT2D eigenvalue weighted by atomic mass is 14.9. The number of anilines is 2. The molecule has 3 rings (SSSR count). The summed E-state index contributed by atoms with van der Waals surface area (Å²) in [6.07, 6.45) is 2.38. The van der Waals surface area contributed by atoms with Crippen molar-refractivity contribution in [2.75, 3.05) is 17.2 Å². The topological polar surface area (TPSA) is 24.1 Å². The van der Waals surface area contributed by atoms with Crippen LogP contribution in [0.15, 0.2) is 12.1 Å². The van der Waals surface area contributed by atoms with Crippen molar-refractivity contribution < 1.29 is 0 Å². The number of nitrogens with one attached hydrogen (secondary N) is 2. The first-order valence-electron chi connectivity index (χ1n) is 5.88. The van der Waals surface area contributed by atoms with Gasteiger partial charge in [0.15, 0.2) is 0 Å². The van der Waals surface area contributed by atoms with Gasteiger partial charge in [-0.25, -0.2) is 0 Å². The summed E-state index contributed by atoms with van der Waals surface area (Å²) in [5.41, 5.74) is 5.68. The van der Waals surface area contributed by atoms with Crippen LogP contribution in [-0.2, 0) is 12.8 Å². The first-order chi connectivity index (χ1) is 7.22. The molecule has 2 nitrogen and oxygen atoms in total. The third-order valence-corrected chi connectivity index (χ3v) is 3.47. The van der Waals surface area contributed by atoms with E-state index in [0.29, 0.717) is 6.04 Å². The van der Waals surface area contributed by atoms with Gasteiger partial charge in [0.1, 0.15) is 0 Å². The summed E-state index contributed by atoms with van der Waals surface area (Å²) in [4.78, 5) is 0. The van der Waals surface area contributed by atoms with Crippen molar-refractivity contribution in [1.29, 1.82) is 0 Å². The maximum absolute atomic E-state index is 3.53. The lowest BCUT2D eigenvalue weighted by molar-refractivity contribution is 0.595. The fraction of sp³-hybridized carbons (Fsp3) is 0.538. The fourth-order valence-electron chi connectivity index (χ4n) is 2.70. The molecule has 2 atom stereocenters. The summed E-state index contributed by atoms with van der Waals surface area (Å²) in [6.45, 7) is 5.67. The highest BCUT2D eigenvalue weighted by Gasteiger charge is 2.21. The lowest BCUT2D eigenvalue weighted by Crippen LogP contribution is -2.20. The Hall–Kier alpha value is -1.18. The molecular formula is C13H18N2. The second-order valence-electron chi connectivity index (χ2n) is 5.11. The second kappa shape index (κ2) is 3.16. The molecule has 2 aliphatic rings. The van der Waals surface area contributed by atoms with E-state index in [1.165, 1.54) is 35.3 Å². The Morgan fingerprint density at radius 2 is 1.80 bits per heavy atom. The number of fused-ring (bicyclic) bond motifs is 2. The van der Waals surface area contributed by atoms with Gasteiger partial charge in [-0.1, -0.05) is 6.92 Å². The molecule has 2 heterocycles. The molecule has 2 aliphatic heterocycles. The molecule has 0 aliphatic carbocycles. The van der Waals surface area contributed by atoms with E-state index in [4.69, 9.17) is 0 Å². The first kappa shape index (κ1) is 9.08. The molecule has 0 saturated carbocycles. The molecule has 0 radical (unpaired) electrons. The molecule has 0 aromatic heterocycles. The highest BCUT2D eigenvalue weighted by molar-refractivity contribution is 5.68. The molecule has 2 heteroatoms. The minimum atomic E-state index is 0.598. The molecule has 0 fully saturated rings. The minimum absolute atomic E-state index is 0.598. The fourth-order valence-corrected chi connectivity index (χ4v) is 2.70. The largest absolute Gasteiger partial charge is 0.385 e. The Balaban J connectivity index is 2.02. The average molecular weight is 202 g/mol. The van der Waals surface area contributed by atoms with Crippen LogP contribution >= 0.6 is 0 Å². The summed E-state index contributed by atoms with van der Waals surface area (Å²) in [7, 11) is 0. The van der Waals surface area contributed by atoms with Crippen LogP contribution < -0.4 is 10.6 Å². The lowest BCUT2D eigenvalue weighted by atomic mass is 9.93. The van der Waals surface area contributed by atoms with Crippen LogP contribution in [0.5, 0.6) is 0 Å². The van der Waals surface area contributed by atoms with Crippen LogP contribution in [0.3, 0.4) is 0 Å². The Bertz CT molecular complexity index is 398. The Labute approximate surface area is 91.1 Å². The van der Waals surface area contributed by atoms with Gasteiger partial charge in [0, 0.05) is 24.0 Å². The molecule has 2 N–H and O–H groups in total. The van der Waals surface area contributed by atoms with Crippen molar-refractivity contribution in [3.8, 4) is 0 Å². The van der Waals surface area contributed by atoms with Gasteiger partial charge in [-0.3, -0.25) is 0 Å². The van der Waals surface area contributed by atoms with Crippen molar-refractivity contribution in [3.05, 3.63) is 23.3 Å². The summed E-state index contributed by atoms with van der Waals surface area (Å²) >= 11 is 0.